The van der Waals surface area contributed by atoms with Gasteiger partial charge in [0.05, 0.1) is 11.8 Å². The van der Waals surface area contributed by atoms with Gasteiger partial charge in [-0.1, -0.05) is 24.3 Å². The van der Waals surface area contributed by atoms with Crippen molar-refractivity contribution in [2.45, 2.75) is 32.8 Å². The molecule has 0 spiro atoms. The summed E-state index contributed by atoms with van der Waals surface area (Å²) < 4.78 is 5.53. The Bertz CT molecular complexity index is 496. The van der Waals surface area contributed by atoms with Gasteiger partial charge in [-0.2, -0.15) is 5.10 Å². The van der Waals surface area contributed by atoms with Crippen LogP contribution in [0.3, 0.4) is 0 Å². The Kier molecular flexibility index (Phi) is 5.49. The molecule has 108 valence electrons. The Morgan fingerprint density at radius 3 is 2.95 bits per heavy atom. The van der Waals surface area contributed by atoms with E-state index < -0.39 is 0 Å². The van der Waals surface area contributed by atoms with E-state index in [2.05, 4.69) is 34.9 Å². The highest BCUT2D eigenvalue weighted by Gasteiger charge is 2.15. The van der Waals surface area contributed by atoms with E-state index in [0.717, 1.165) is 37.3 Å². The van der Waals surface area contributed by atoms with Gasteiger partial charge in [-0.05, 0) is 44.5 Å². The van der Waals surface area contributed by atoms with E-state index in [9.17, 15) is 0 Å². The molecular formula is C15H21N3OS. The highest BCUT2D eigenvalue weighted by Crippen LogP contribution is 2.10. The first-order valence-electron chi connectivity index (χ1n) is 6.92. The number of hydrogen-bond acceptors (Lipinski definition) is 3. The van der Waals surface area contributed by atoms with E-state index in [-0.39, 0.29) is 6.10 Å². The van der Waals surface area contributed by atoms with Gasteiger partial charge in [0.1, 0.15) is 0 Å². The molecule has 0 radical (unpaired) electrons. The summed E-state index contributed by atoms with van der Waals surface area (Å²) in [5.74, 6) is 0. The standard InChI is InChI=1S/C15H21N3OS/c1-11-6-3-4-8-14(11)12(2)17-18-15(20)16-10-13-7-5-9-19-13/h3-4,6,8,13H,5,7,9-10H2,1-2H3,(H2,16,18,20)/b17-12-/t13-/m1/s1. The number of aryl methyl sites for hydroxylation is 1. The molecule has 20 heavy (non-hydrogen) atoms. The molecule has 0 bridgehead atoms. The Morgan fingerprint density at radius 1 is 1.45 bits per heavy atom. The molecular weight excluding hydrogens is 270 g/mol. The average Bonchev–Trinajstić information content (AvgIpc) is 2.96. The van der Waals surface area contributed by atoms with Gasteiger partial charge in [-0.25, -0.2) is 0 Å². The van der Waals surface area contributed by atoms with Crippen LogP contribution in [0.2, 0.25) is 0 Å². The highest BCUT2D eigenvalue weighted by molar-refractivity contribution is 7.80. The molecule has 1 atom stereocenters. The van der Waals surface area contributed by atoms with Crippen LogP contribution in [0, 0.1) is 6.92 Å². The summed E-state index contributed by atoms with van der Waals surface area (Å²) in [6.07, 6.45) is 2.51. The molecule has 2 N–H and O–H groups in total. The first-order chi connectivity index (χ1) is 9.66. The highest BCUT2D eigenvalue weighted by atomic mass is 32.1. The summed E-state index contributed by atoms with van der Waals surface area (Å²) >= 11 is 5.20. The van der Waals surface area contributed by atoms with E-state index >= 15 is 0 Å². The smallest absolute Gasteiger partial charge is 0.187 e. The van der Waals surface area contributed by atoms with E-state index in [1.165, 1.54) is 5.56 Å². The van der Waals surface area contributed by atoms with Crippen LogP contribution in [0.1, 0.15) is 30.9 Å². The third-order valence-electron chi connectivity index (χ3n) is 3.37. The second-order valence-electron chi connectivity index (χ2n) is 4.97. The summed E-state index contributed by atoms with van der Waals surface area (Å²) in [7, 11) is 0. The van der Waals surface area contributed by atoms with Crippen molar-refractivity contribution in [2.75, 3.05) is 13.2 Å². The van der Waals surface area contributed by atoms with Gasteiger partial charge in [-0.15, -0.1) is 0 Å². The molecule has 1 aromatic carbocycles. The van der Waals surface area contributed by atoms with Gasteiger partial charge in [0, 0.05) is 18.7 Å². The average molecular weight is 291 g/mol. The predicted molar refractivity (Wildman–Crippen MR) is 86.1 cm³/mol. The van der Waals surface area contributed by atoms with Crippen LogP contribution in [0.5, 0.6) is 0 Å². The third-order valence-corrected chi connectivity index (χ3v) is 3.61. The lowest BCUT2D eigenvalue weighted by Crippen LogP contribution is -2.37. The third kappa shape index (κ3) is 4.28. The molecule has 0 aliphatic carbocycles. The lowest BCUT2D eigenvalue weighted by atomic mass is 10.1. The van der Waals surface area contributed by atoms with Crippen molar-refractivity contribution in [1.82, 2.24) is 10.7 Å². The molecule has 1 aromatic rings. The van der Waals surface area contributed by atoms with Crippen molar-refractivity contribution in [1.29, 1.82) is 0 Å². The van der Waals surface area contributed by atoms with E-state index in [0.29, 0.717) is 5.11 Å². The van der Waals surface area contributed by atoms with Crippen molar-refractivity contribution in [2.24, 2.45) is 5.10 Å². The maximum Gasteiger partial charge on any atom is 0.187 e. The molecule has 1 aliphatic heterocycles. The van der Waals surface area contributed by atoms with Crippen LogP contribution in [0.15, 0.2) is 29.4 Å². The van der Waals surface area contributed by atoms with Crippen molar-refractivity contribution in [3.05, 3.63) is 35.4 Å². The van der Waals surface area contributed by atoms with Crippen LogP contribution in [0.25, 0.3) is 0 Å². The summed E-state index contributed by atoms with van der Waals surface area (Å²) in [6.45, 7) is 5.64. The van der Waals surface area contributed by atoms with Crippen molar-refractivity contribution in [3.63, 3.8) is 0 Å². The van der Waals surface area contributed by atoms with Crippen LogP contribution in [0.4, 0.5) is 0 Å². The number of nitrogens with one attached hydrogen (secondary N) is 2. The monoisotopic (exact) mass is 291 g/mol. The molecule has 1 aliphatic rings. The minimum Gasteiger partial charge on any atom is -0.376 e. The molecule has 1 fully saturated rings. The van der Waals surface area contributed by atoms with Crippen LogP contribution < -0.4 is 10.7 Å². The largest absolute Gasteiger partial charge is 0.376 e. The fourth-order valence-corrected chi connectivity index (χ4v) is 2.35. The fraction of sp³-hybridized carbons (Fsp3) is 0.467. The predicted octanol–water partition coefficient (Wildman–Crippen LogP) is 2.36. The zero-order chi connectivity index (χ0) is 14.4. The van der Waals surface area contributed by atoms with Crippen LogP contribution in [-0.2, 0) is 4.74 Å². The Morgan fingerprint density at radius 2 is 2.25 bits per heavy atom. The molecule has 0 unspecified atom stereocenters. The normalized spacial score (nSPS) is 18.9. The molecule has 5 heteroatoms. The van der Waals surface area contributed by atoms with E-state index in [1.807, 2.05) is 19.1 Å². The number of ether oxygens (including phenoxy) is 1. The topological polar surface area (TPSA) is 45.7 Å². The number of benzene rings is 1. The first-order valence-corrected chi connectivity index (χ1v) is 7.33. The van der Waals surface area contributed by atoms with Crippen molar-refractivity contribution >= 4 is 23.0 Å². The maximum atomic E-state index is 5.53. The molecule has 2 rings (SSSR count). The minimum absolute atomic E-state index is 0.274. The lowest BCUT2D eigenvalue weighted by Gasteiger charge is -2.12. The van der Waals surface area contributed by atoms with Gasteiger partial charge in [0.25, 0.3) is 0 Å². The summed E-state index contributed by atoms with van der Waals surface area (Å²) in [5.41, 5.74) is 6.13. The van der Waals surface area contributed by atoms with E-state index in [1.54, 1.807) is 0 Å². The SMILES string of the molecule is C/C(=N/NC(=S)NC[C@H]1CCCO1)c1ccccc1C. The number of rotatable bonds is 4. The zero-order valence-corrected chi connectivity index (χ0v) is 12.8. The summed E-state index contributed by atoms with van der Waals surface area (Å²) in [6, 6.07) is 8.16. The lowest BCUT2D eigenvalue weighted by molar-refractivity contribution is 0.114. The maximum absolute atomic E-state index is 5.53. The molecule has 1 saturated heterocycles. The molecule has 0 amide bonds. The van der Waals surface area contributed by atoms with Crippen molar-refractivity contribution in [3.8, 4) is 0 Å². The molecule has 0 aromatic heterocycles. The minimum atomic E-state index is 0.274. The van der Waals surface area contributed by atoms with Gasteiger partial charge < -0.3 is 10.1 Å². The number of hydrogen-bond donors (Lipinski definition) is 2. The van der Waals surface area contributed by atoms with Gasteiger partial charge in [-0.3, -0.25) is 5.43 Å². The quantitative estimate of drug-likeness (QED) is 0.508. The summed E-state index contributed by atoms with van der Waals surface area (Å²) in [4.78, 5) is 0. The van der Waals surface area contributed by atoms with Gasteiger partial charge in [0.15, 0.2) is 5.11 Å². The first kappa shape index (κ1) is 14.9. The Hall–Kier alpha value is -1.46. The second-order valence-corrected chi connectivity index (χ2v) is 5.38. The molecule has 4 nitrogen and oxygen atoms in total. The molecule has 1 heterocycles. The Labute approximate surface area is 125 Å². The van der Waals surface area contributed by atoms with E-state index in [4.69, 9.17) is 17.0 Å². The van der Waals surface area contributed by atoms with Crippen LogP contribution in [-0.4, -0.2) is 30.1 Å². The fourth-order valence-electron chi connectivity index (χ4n) is 2.23. The number of hydrazone groups is 1. The number of thiocarbonyl (C=S) groups is 1. The zero-order valence-electron chi connectivity index (χ0n) is 12.0. The summed E-state index contributed by atoms with van der Waals surface area (Å²) in [5, 5.41) is 7.99. The van der Waals surface area contributed by atoms with Gasteiger partial charge >= 0.3 is 0 Å². The Balaban J connectivity index is 1.82. The van der Waals surface area contributed by atoms with Crippen LogP contribution >= 0.6 is 12.2 Å². The van der Waals surface area contributed by atoms with Gasteiger partial charge in [0.2, 0.25) is 0 Å². The number of nitrogens with zero attached hydrogens (tertiary/aromatic N) is 1. The van der Waals surface area contributed by atoms with Crippen molar-refractivity contribution < 1.29 is 4.74 Å². The second kappa shape index (κ2) is 7.36. The molecule has 0 saturated carbocycles.